The highest BCUT2D eigenvalue weighted by Crippen LogP contribution is 2.34. The van der Waals surface area contributed by atoms with Crippen molar-refractivity contribution >= 4 is 58.4 Å². The summed E-state index contributed by atoms with van der Waals surface area (Å²) in [4.78, 5) is 108. The zero-order valence-electron chi connectivity index (χ0n) is 51.7. The van der Waals surface area contributed by atoms with E-state index in [2.05, 4.69) is 58.7 Å². The molecule has 5 heterocycles. The molecular weight excluding hydrogens is 1210 g/mol. The highest BCUT2D eigenvalue weighted by Gasteiger charge is 2.50. The molecule has 16 N–H and O–H groups in total. The van der Waals surface area contributed by atoms with E-state index in [1.165, 1.54) is 73.9 Å². The number of aromatic nitrogens is 2. The molecule has 4 saturated heterocycles. The summed E-state index contributed by atoms with van der Waals surface area (Å²) >= 11 is 1.35. The lowest BCUT2D eigenvalue weighted by atomic mass is 9.98. The average molecular weight is 1300 g/mol. The maximum absolute atomic E-state index is 14.7. The Morgan fingerprint density at radius 3 is 2.03 bits per heavy atom. The number of fused-ring (bicyclic) bond motifs is 2. The van der Waals surface area contributed by atoms with Crippen LogP contribution in [0.5, 0.6) is 11.5 Å². The first kappa shape index (κ1) is 68.9. The van der Waals surface area contributed by atoms with Gasteiger partial charge in [0.2, 0.25) is 35.4 Å². The molecule has 0 radical (unpaired) electrons. The Kier molecular flexibility index (Phi) is 23.6. The van der Waals surface area contributed by atoms with Crippen molar-refractivity contribution in [3.63, 3.8) is 0 Å². The number of piperazine rings is 1. The number of phenolic OH excluding ortho intramolecular Hbond substituents is 1. The molecule has 7 amide bonds. The molecule has 3 aromatic carbocycles. The van der Waals surface area contributed by atoms with Crippen molar-refractivity contribution in [2.24, 2.45) is 23.3 Å². The van der Waals surface area contributed by atoms with E-state index in [-0.39, 0.29) is 55.3 Å². The lowest BCUT2D eigenvalue weighted by Crippen LogP contribution is -2.64. The van der Waals surface area contributed by atoms with Gasteiger partial charge in [0.25, 0.3) is 5.91 Å². The van der Waals surface area contributed by atoms with Crippen LogP contribution >= 0.6 is 11.3 Å². The summed E-state index contributed by atoms with van der Waals surface area (Å²) < 4.78 is 5.66. The smallest absolute Gasteiger partial charge is 0.251 e. The lowest BCUT2D eigenvalue weighted by molar-refractivity contribution is -0.147. The highest BCUT2D eigenvalue weighted by atomic mass is 32.1. The predicted octanol–water partition coefficient (Wildman–Crippen LogP) is -2.09. The number of rotatable bonds is 18. The molecule has 0 bridgehead atoms. The van der Waals surface area contributed by atoms with Crippen molar-refractivity contribution in [1.82, 2.24) is 51.5 Å². The summed E-state index contributed by atoms with van der Waals surface area (Å²) in [6, 6.07) is 7.64. The molecule has 1 aromatic heterocycles. The van der Waals surface area contributed by atoms with Crippen LogP contribution in [0.4, 0.5) is 5.69 Å². The Morgan fingerprint density at radius 1 is 0.739 bits per heavy atom. The summed E-state index contributed by atoms with van der Waals surface area (Å²) in [5, 5.41) is 102. The maximum atomic E-state index is 14.7. The van der Waals surface area contributed by atoms with E-state index in [9.17, 15) is 69.3 Å². The third-order valence-electron chi connectivity index (χ3n) is 17.9. The van der Waals surface area contributed by atoms with Gasteiger partial charge in [-0.1, -0.05) is 49.3 Å². The Hall–Kier alpha value is -7.45. The second kappa shape index (κ2) is 31.4. The minimum Gasteiger partial charge on any atom is -0.504 e. The molecule has 29 heteroatoms. The fourth-order valence-electron chi connectivity index (χ4n) is 12.7. The first-order valence-electron chi connectivity index (χ1n) is 31.7. The number of hydrogen-bond donors (Lipinski definition) is 14. The summed E-state index contributed by atoms with van der Waals surface area (Å²) in [6.07, 6.45) is -6.02. The Morgan fingerprint density at radius 2 is 1.38 bits per heavy atom. The van der Waals surface area contributed by atoms with Crippen LogP contribution in [0.25, 0.3) is 21.1 Å². The number of nitrogens with zero attached hydrogens (tertiary/aromatic N) is 6. The second-order valence-corrected chi connectivity index (χ2v) is 25.8. The zero-order valence-corrected chi connectivity index (χ0v) is 52.5. The summed E-state index contributed by atoms with van der Waals surface area (Å²) in [5.41, 5.74) is 14.4. The van der Waals surface area contributed by atoms with Crippen LogP contribution in [0.2, 0.25) is 0 Å². The molecule has 4 aliphatic heterocycles. The van der Waals surface area contributed by atoms with Gasteiger partial charge in [0.05, 0.1) is 43.2 Å². The minimum atomic E-state index is -2.04. The van der Waals surface area contributed by atoms with Gasteiger partial charge in [0, 0.05) is 99.9 Å². The molecule has 1 aliphatic carbocycles. The third kappa shape index (κ3) is 16.8. The van der Waals surface area contributed by atoms with E-state index in [0.29, 0.717) is 22.0 Å². The van der Waals surface area contributed by atoms with Gasteiger partial charge in [-0.15, -0.1) is 10.2 Å². The summed E-state index contributed by atoms with van der Waals surface area (Å²) in [5.74, 6) is -7.71. The minimum absolute atomic E-state index is 0.00671. The quantitative estimate of drug-likeness (QED) is 0.0475. The number of β-amino-alcohol motifs (C(OH)–C–C–N with tert-alkyl or cyclic N) is 1. The normalized spacial score (nSPS) is 27.0. The first-order chi connectivity index (χ1) is 44.1. The topological polar surface area (TPSA) is 421 Å². The van der Waals surface area contributed by atoms with E-state index >= 15 is 0 Å². The van der Waals surface area contributed by atoms with E-state index in [0.717, 1.165) is 60.1 Å². The number of ether oxygens (including phenoxy) is 1. The molecular formula is C63H87N13O15S. The van der Waals surface area contributed by atoms with E-state index < -0.39 is 152 Å². The molecule has 1 unspecified atom stereocenters. The Bertz CT molecular complexity index is 3200. The van der Waals surface area contributed by atoms with Gasteiger partial charge in [0.15, 0.2) is 11.5 Å². The fraction of sp³-hybridized carbons (Fsp3) is 0.571. The van der Waals surface area contributed by atoms with Crippen molar-refractivity contribution in [2.75, 3.05) is 77.0 Å². The van der Waals surface area contributed by atoms with Crippen LogP contribution in [-0.2, 0) is 35.2 Å². The van der Waals surface area contributed by atoms with Crippen LogP contribution in [0.1, 0.15) is 81.1 Å². The number of nitrogens with one attached hydrogen (secondary N) is 5. The molecule has 5 fully saturated rings. The van der Waals surface area contributed by atoms with Crippen molar-refractivity contribution in [2.45, 2.75) is 145 Å². The number of amides is 7. The molecule has 0 spiro atoms. The molecule has 4 aromatic rings. The van der Waals surface area contributed by atoms with Crippen molar-refractivity contribution in [3.8, 4) is 32.6 Å². The number of aliphatic hydroxyl groups excluding tert-OH is 6. The van der Waals surface area contributed by atoms with Crippen LogP contribution in [0.15, 0.2) is 66.7 Å². The highest BCUT2D eigenvalue weighted by molar-refractivity contribution is 7.17. The molecule has 9 rings (SSSR count). The number of carbonyl (C=O) groups excluding carboxylic acids is 7. The number of aliphatic hydroxyl groups is 6. The van der Waals surface area contributed by atoms with Gasteiger partial charge in [0.1, 0.15) is 46.3 Å². The molecule has 5 aliphatic rings. The van der Waals surface area contributed by atoms with E-state index in [1.807, 2.05) is 12.1 Å². The van der Waals surface area contributed by atoms with Crippen molar-refractivity contribution in [1.29, 1.82) is 0 Å². The van der Waals surface area contributed by atoms with Crippen LogP contribution in [0, 0.1) is 11.8 Å². The van der Waals surface area contributed by atoms with Crippen molar-refractivity contribution < 1.29 is 74.0 Å². The summed E-state index contributed by atoms with van der Waals surface area (Å²) in [6.45, 7) is 6.60. The number of carbonyl (C=O) groups is 7. The SMILES string of the molecule is C[C@@H](O)[C@@H]1NC(=O)C(NC(=O)c2ccc(-c3nnc(-c4ccc(N5CCN(CC6CCCC6)CC5)cc4)s3)cc2)C[C@@H](O)CNC(=O)[C@@H]2[C@@H](O)[C@@H](C)CN2C(=O)[C@H]([C@H](O)CCN)NC(=O)[C@H]([C@H](O)Cc2ccc(O)c(OCCCN)c2)NC(=O)[C@@H]2C[C@@H](O)CN2C1=O. The fourth-order valence-corrected chi connectivity index (χ4v) is 13.6. The summed E-state index contributed by atoms with van der Waals surface area (Å²) in [7, 11) is 0. The van der Waals surface area contributed by atoms with Gasteiger partial charge in [-0.25, -0.2) is 0 Å². The lowest BCUT2D eigenvalue weighted by Gasteiger charge is -2.37. The average Bonchev–Trinajstić information content (AvgIpc) is 1.63. The number of nitrogens with two attached hydrogens (primary N) is 2. The van der Waals surface area contributed by atoms with Crippen LogP contribution in [-0.4, -0.2) is 247 Å². The number of hydrogen-bond acceptors (Lipinski definition) is 22. The van der Waals surface area contributed by atoms with Crippen LogP contribution < -0.4 is 47.7 Å². The molecule has 92 heavy (non-hydrogen) atoms. The molecule has 13 atom stereocenters. The molecule has 28 nitrogen and oxygen atoms in total. The Labute approximate surface area is 537 Å². The number of benzene rings is 3. The zero-order chi connectivity index (χ0) is 65.9. The number of phenols is 1. The maximum Gasteiger partial charge on any atom is 0.251 e. The largest absolute Gasteiger partial charge is 0.504 e. The monoisotopic (exact) mass is 1300 g/mol. The van der Waals surface area contributed by atoms with Crippen molar-refractivity contribution in [3.05, 3.63) is 77.9 Å². The standard InChI is InChI=1S/C63H87N13O15S/c1-34-31-76-53(54(34)83)59(88)66-30-42(78)28-44(67-55(84)38-9-11-39(12-10-38)60-71-72-61(92-60)40-13-15-41(16-14-40)74-23-21-73(22-24-74)32-36-6-3-4-7-36)56(85)68-50(35(2)77)62(89)75-33-43(79)29-45(75)57(86)69-51(58(87)70-52(63(76)90)47(81)18-20-65)48(82)26-37-8-17-46(80)49(27-37)91-25-5-19-64/h8-17,27,34-36,42-45,47-48,50-54,77-83H,3-7,18-26,28-33,64-65H2,1-2H3,(H,66,88)(H,67,84)(H,68,85)(H,69,86)(H,70,87)/t34-,35+,42+,43+,44?,45-,47+,48+,50-,51-,52-,53-,54-/m0/s1. The van der Waals surface area contributed by atoms with Crippen LogP contribution in [0.3, 0.4) is 0 Å². The second-order valence-electron chi connectivity index (χ2n) is 24.8. The number of anilines is 1. The molecule has 500 valence electrons. The van der Waals surface area contributed by atoms with E-state index in [4.69, 9.17) is 16.2 Å². The van der Waals surface area contributed by atoms with Gasteiger partial charge >= 0.3 is 0 Å². The third-order valence-corrected chi connectivity index (χ3v) is 19.0. The Balaban J connectivity index is 0.952. The van der Waals surface area contributed by atoms with E-state index in [1.54, 1.807) is 19.1 Å². The van der Waals surface area contributed by atoms with Gasteiger partial charge in [-0.2, -0.15) is 0 Å². The van der Waals surface area contributed by atoms with Gasteiger partial charge < -0.3 is 93.2 Å². The van der Waals surface area contributed by atoms with Gasteiger partial charge in [-0.05, 0) is 106 Å². The molecule has 1 saturated carbocycles. The first-order valence-corrected chi connectivity index (χ1v) is 32.5. The predicted molar refractivity (Wildman–Crippen MR) is 337 cm³/mol. The number of aromatic hydroxyl groups is 1. The van der Waals surface area contributed by atoms with Gasteiger partial charge in [-0.3, -0.25) is 38.5 Å².